The highest BCUT2D eigenvalue weighted by molar-refractivity contribution is 6.10. The molecule has 226 valence electrons. The molecule has 0 saturated carbocycles. The molecule has 1 aliphatic carbocycles. The molecule has 9 rings (SSSR count). The summed E-state index contributed by atoms with van der Waals surface area (Å²) in [6, 6.07) is 44.1. The molecule has 0 bridgehead atoms. The van der Waals surface area contributed by atoms with E-state index >= 15 is 0 Å². The monoisotopic (exact) mass is 598 g/mol. The van der Waals surface area contributed by atoms with Crippen LogP contribution < -0.4 is 10.6 Å². The van der Waals surface area contributed by atoms with Crippen molar-refractivity contribution in [3.8, 4) is 11.4 Å². The third-order valence-electron chi connectivity index (χ3n) is 9.27. The third kappa shape index (κ3) is 4.65. The first kappa shape index (κ1) is 28.2. The molecule has 1 aliphatic heterocycles. The van der Waals surface area contributed by atoms with Gasteiger partial charge < -0.3 is 14.5 Å². The largest absolute Gasteiger partial charge is 0.366 e. The second-order valence-corrected chi connectivity index (χ2v) is 11.8. The zero-order chi connectivity index (χ0) is 31.0. The van der Waals surface area contributed by atoms with Gasteiger partial charge in [-0.15, -0.1) is 0 Å². The second kappa shape index (κ2) is 11.9. The van der Waals surface area contributed by atoms with Crippen LogP contribution in [0.4, 0.5) is 0 Å². The van der Waals surface area contributed by atoms with E-state index in [-0.39, 0.29) is 6.17 Å². The number of nitrogens with zero attached hydrogens (tertiary/aromatic N) is 2. The fraction of sp³-hybridized carbons (Fsp3) is 0.143. The van der Waals surface area contributed by atoms with Crippen LogP contribution in [0.25, 0.3) is 55.9 Å². The number of benzene rings is 5. The summed E-state index contributed by atoms with van der Waals surface area (Å²) in [5.41, 5.74) is 12.4. The standard InChI is InChI=1S/C40H32N4.C2H6/c1-2-10-27(11-3-1)35-24-25-41-40(42-35)28-18-20-29(21-19-28)43-38-17-9-6-14-33(38)34-26-30(22-23-39(34)43)44-36-15-7-4-12-31(36)32-13-5-8-16-37(32)44;1-2/h1-4,6-12,14-24,26,40-42H,5,13,25H2;1-2H3. The molecule has 2 N–H and O–H groups in total. The second-order valence-electron chi connectivity index (χ2n) is 11.8. The van der Waals surface area contributed by atoms with E-state index in [9.17, 15) is 0 Å². The van der Waals surface area contributed by atoms with Crippen LogP contribution in [0.15, 0.2) is 133 Å². The highest BCUT2D eigenvalue weighted by atomic mass is 15.1. The van der Waals surface area contributed by atoms with E-state index in [4.69, 9.17) is 0 Å². The summed E-state index contributed by atoms with van der Waals surface area (Å²) in [6.45, 7) is 4.83. The first-order valence-electron chi connectivity index (χ1n) is 16.5. The normalized spacial score (nSPS) is 15.7. The van der Waals surface area contributed by atoms with Crippen LogP contribution in [0.3, 0.4) is 0 Å². The molecule has 3 heterocycles. The molecule has 7 aromatic rings. The van der Waals surface area contributed by atoms with Crippen LogP contribution in [0.2, 0.25) is 0 Å². The van der Waals surface area contributed by atoms with Crippen molar-refractivity contribution >= 4 is 44.5 Å². The van der Waals surface area contributed by atoms with Gasteiger partial charge in [-0.2, -0.15) is 0 Å². The summed E-state index contributed by atoms with van der Waals surface area (Å²) in [5, 5.41) is 11.2. The Kier molecular flexibility index (Phi) is 7.28. The van der Waals surface area contributed by atoms with Gasteiger partial charge in [-0.05, 0) is 84.1 Å². The number of allylic oxidation sites excluding steroid dienone is 1. The molecule has 5 aromatic carbocycles. The van der Waals surface area contributed by atoms with Gasteiger partial charge in [0, 0.05) is 45.5 Å². The molecule has 1 unspecified atom stereocenters. The topological polar surface area (TPSA) is 33.9 Å². The summed E-state index contributed by atoms with van der Waals surface area (Å²) in [4.78, 5) is 0. The lowest BCUT2D eigenvalue weighted by Gasteiger charge is -2.27. The Labute approximate surface area is 270 Å². The Bertz CT molecular complexity index is 2250. The molecule has 4 heteroatoms. The van der Waals surface area contributed by atoms with Gasteiger partial charge in [0.25, 0.3) is 0 Å². The summed E-state index contributed by atoms with van der Waals surface area (Å²) in [5.74, 6) is 0. The fourth-order valence-corrected chi connectivity index (χ4v) is 7.22. The van der Waals surface area contributed by atoms with Crippen molar-refractivity contribution in [2.75, 3.05) is 6.54 Å². The quantitative estimate of drug-likeness (QED) is 0.211. The van der Waals surface area contributed by atoms with Crippen molar-refractivity contribution < 1.29 is 0 Å². The van der Waals surface area contributed by atoms with Crippen LogP contribution >= 0.6 is 0 Å². The molecule has 0 fully saturated rings. The summed E-state index contributed by atoms with van der Waals surface area (Å²) < 4.78 is 4.85. The Hall–Kier alpha value is -5.32. The average Bonchev–Trinajstić information content (AvgIpc) is 3.66. The van der Waals surface area contributed by atoms with E-state index in [2.05, 4.69) is 159 Å². The van der Waals surface area contributed by atoms with Gasteiger partial charge >= 0.3 is 0 Å². The van der Waals surface area contributed by atoms with Crippen molar-refractivity contribution in [1.29, 1.82) is 0 Å². The van der Waals surface area contributed by atoms with E-state index in [0.717, 1.165) is 25.1 Å². The molecule has 0 amide bonds. The predicted molar refractivity (Wildman–Crippen MR) is 195 cm³/mol. The first-order valence-corrected chi connectivity index (χ1v) is 16.5. The van der Waals surface area contributed by atoms with Crippen LogP contribution in [0.5, 0.6) is 0 Å². The number of aryl methyl sites for hydroxylation is 1. The molecule has 0 radical (unpaired) electrons. The molecule has 2 aromatic heterocycles. The number of hydrogen-bond acceptors (Lipinski definition) is 2. The number of fused-ring (bicyclic) bond motifs is 6. The third-order valence-corrected chi connectivity index (χ3v) is 9.27. The maximum absolute atomic E-state index is 3.69. The van der Waals surface area contributed by atoms with E-state index in [0.29, 0.717) is 0 Å². The molecular weight excluding hydrogens is 560 g/mol. The van der Waals surface area contributed by atoms with Crippen molar-refractivity contribution in [2.24, 2.45) is 0 Å². The van der Waals surface area contributed by atoms with Crippen LogP contribution in [-0.2, 0) is 6.42 Å². The van der Waals surface area contributed by atoms with Gasteiger partial charge in [-0.25, -0.2) is 0 Å². The van der Waals surface area contributed by atoms with Gasteiger partial charge in [-0.3, -0.25) is 5.32 Å². The summed E-state index contributed by atoms with van der Waals surface area (Å²) >= 11 is 0. The molecule has 0 spiro atoms. The lowest BCUT2D eigenvalue weighted by atomic mass is 10.0. The molecule has 0 saturated heterocycles. The Balaban J connectivity index is 0.00000153. The van der Waals surface area contributed by atoms with Gasteiger partial charge in [0.05, 0.1) is 16.6 Å². The number of hydrogen-bond donors (Lipinski definition) is 2. The predicted octanol–water partition coefficient (Wildman–Crippen LogP) is 9.95. The minimum Gasteiger partial charge on any atom is -0.366 e. The van der Waals surface area contributed by atoms with Gasteiger partial charge in [0.15, 0.2) is 0 Å². The number of rotatable bonds is 4. The summed E-state index contributed by atoms with van der Waals surface area (Å²) in [6.07, 6.45) is 9.08. The minimum atomic E-state index is 0.0568. The molecule has 1 atom stereocenters. The lowest BCUT2D eigenvalue weighted by molar-refractivity contribution is 0.509. The van der Waals surface area contributed by atoms with E-state index < -0.39 is 0 Å². The number of para-hydroxylation sites is 2. The summed E-state index contributed by atoms with van der Waals surface area (Å²) in [7, 11) is 0. The maximum atomic E-state index is 3.69. The lowest BCUT2D eigenvalue weighted by Crippen LogP contribution is -2.37. The number of aromatic nitrogens is 2. The fourth-order valence-electron chi connectivity index (χ4n) is 7.22. The molecular formula is C42H38N4. The van der Waals surface area contributed by atoms with Crippen molar-refractivity contribution in [3.63, 3.8) is 0 Å². The molecule has 4 nitrogen and oxygen atoms in total. The van der Waals surface area contributed by atoms with Crippen LogP contribution in [0.1, 0.15) is 48.8 Å². The minimum absolute atomic E-state index is 0.0568. The van der Waals surface area contributed by atoms with Crippen molar-refractivity contribution in [1.82, 2.24) is 19.8 Å². The highest BCUT2D eigenvalue weighted by Gasteiger charge is 2.21. The Morgan fingerprint density at radius 1 is 0.630 bits per heavy atom. The average molecular weight is 599 g/mol. The first-order chi connectivity index (χ1) is 22.8. The highest BCUT2D eigenvalue weighted by Crippen LogP contribution is 2.37. The zero-order valence-corrected chi connectivity index (χ0v) is 26.4. The number of nitrogens with one attached hydrogen (secondary N) is 2. The van der Waals surface area contributed by atoms with Crippen LogP contribution in [0, 0.1) is 0 Å². The van der Waals surface area contributed by atoms with Crippen molar-refractivity contribution in [3.05, 3.63) is 156 Å². The Morgan fingerprint density at radius 3 is 2.11 bits per heavy atom. The van der Waals surface area contributed by atoms with Gasteiger partial charge in [-0.1, -0.05) is 98.8 Å². The van der Waals surface area contributed by atoms with E-state index in [1.807, 2.05) is 13.8 Å². The van der Waals surface area contributed by atoms with Crippen LogP contribution in [-0.4, -0.2) is 15.7 Å². The maximum Gasteiger partial charge on any atom is 0.103 e. The SMILES string of the molecule is C1=Cc2c(c3ccccc3n2-c2ccc3c(c2)c2ccccc2n3-c2ccc(C3NCC=C(c4ccccc4)N3)cc2)CC1.CC. The van der Waals surface area contributed by atoms with Gasteiger partial charge in [0.1, 0.15) is 6.17 Å². The molecule has 2 aliphatic rings. The molecule has 46 heavy (non-hydrogen) atoms. The van der Waals surface area contributed by atoms with E-state index in [1.54, 1.807) is 0 Å². The van der Waals surface area contributed by atoms with Crippen molar-refractivity contribution in [2.45, 2.75) is 32.9 Å². The van der Waals surface area contributed by atoms with Gasteiger partial charge in [0.2, 0.25) is 0 Å². The smallest absolute Gasteiger partial charge is 0.103 e. The zero-order valence-electron chi connectivity index (χ0n) is 26.4. The Morgan fingerprint density at radius 2 is 1.30 bits per heavy atom. The van der Waals surface area contributed by atoms with E-state index in [1.165, 1.54) is 66.5 Å².